The monoisotopic (exact) mass is 290 g/mol. The van der Waals surface area contributed by atoms with Crippen molar-refractivity contribution in [2.45, 2.75) is 0 Å². The van der Waals surface area contributed by atoms with Gasteiger partial charge < -0.3 is 10.0 Å². The Labute approximate surface area is 119 Å². The zero-order valence-electron chi connectivity index (χ0n) is 10.2. The molecule has 0 aliphatic rings. The number of rotatable bonds is 2. The van der Waals surface area contributed by atoms with Gasteiger partial charge in [0, 0.05) is 17.8 Å². The number of fused-ring (bicyclic) bond motifs is 1. The lowest BCUT2D eigenvalue weighted by Crippen LogP contribution is -2.08. The van der Waals surface area contributed by atoms with Gasteiger partial charge in [0.25, 0.3) is 0 Å². The first-order chi connectivity index (χ1) is 9.13. The molecule has 5 heteroatoms. The van der Waals surface area contributed by atoms with E-state index < -0.39 is 0 Å². The van der Waals surface area contributed by atoms with Crippen LogP contribution in [0.15, 0.2) is 42.5 Å². The van der Waals surface area contributed by atoms with Gasteiger partial charge in [-0.2, -0.15) is 0 Å². The van der Waals surface area contributed by atoms with E-state index in [0.717, 1.165) is 21.0 Å². The van der Waals surface area contributed by atoms with Crippen molar-refractivity contribution in [3.8, 4) is 5.75 Å². The molecule has 0 saturated heterocycles. The Kier molecular flexibility index (Phi) is 3.05. The van der Waals surface area contributed by atoms with E-state index in [1.165, 1.54) is 0 Å². The summed E-state index contributed by atoms with van der Waals surface area (Å²) in [7, 11) is 1.95. The number of aromatic nitrogens is 1. The molecule has 3 nitrogen and oxygen atoms in total. The Morgan fingerprint density at radius 1 is 1.16 bits per heavy atom. The summed E-state index contributed by atoms with van der Waals surface area (Å²) in [5.41, 5.74) is 1.88. The van der Waals surface area contributed by atoms with Crippen molar-refractivity contribution in [2.75, 3.05) is 11.9 Å². The van der Waals surface area contributed by atoms with Crippen molar-refractivity contribution in [3.63, 3.8) is 0 Å². The fourth-order valence-electron chi connectivity index (χ4n) is 1.82. The van der Waals surface area contributed by atoms with Crippen LogP contribution in [0.1, 0.15) is 0 Å². The van der Waals surface area contributed by atoms with Gasteiger partial charge in [0.1, 0.15) is 5.75 Å². The Bertz CT molecular complexity index is 724. The average molecular weight is 291 g/mol. The van der Waals surface area contributed by atoms with Crippen molar-refractivity contribution >= 4 is 44.0 Å². The normalized spacial score (nSPS) is 10.8. The third-order valence-electron chi connectivity index (χ3n) is 2.86. The minimum atomic E-state index is 0.258. The summed E-state index contributed by atoms with van der Waals surface area (Å²) in [5.74, 6) is 0.258. The minimum Gasteiger partial charge on any atom is -0.508 e. The number of aromatic hydroxyl groups is 1. The van der Waals surface area contributed by atoms with Gasteiger partial charge in [0.15, 0.2) is 5.13 Å². The maximum Gasteiger partial charge on any atom is 0.190 e. The zero-order valence-corrected chi connectivity index (χ0v) is 11.7. The van der Waals surface area contributed by atoms with Gasteiger partial charge in [-0.3, -0.25) is 0 Å². The van der Waals surface area contributed by atoms with Gasteiger partial charge in [0.2, 0.25) is 0 Å². The van der Waals surface area contributed by atoms with E-state index in [4.69, 9.17) is 11.6 Å². The fraction of sp³-hybridized carbons (Fsp3) is 0.0714. The SMILES string of the molecule is CN(c1ccc(O)cc1)c1nc2cc(Cl)ccc2s1. The number of phenols is 1. The maximum atomic E-state index is 9.31. The number of thiazole rings is 1. The quantitative estimate of drug-likeness (QED) is 0.759. The van der Waals surface area contributed by atoms with Crippen LogP contribution in [0.2, 0.25) is 5.02 Å². The van der Waals surface area contributed by atoms with Crippen molar-refractivity contribution in [2.24, 2.45) is 0 Å². The number of phenolic OH excluding ortho intramolecular Hbond substituents is 1. The predicted molar refractivity (Wildman–Crippen MR) is 80.8 cm³/mol. The summed E-state index contributed by atoms with van der Waals surface area (Å²) in [4.78, 5) is 6.55. The highest BCUT2D eigenvalue weighted by molar-refractivity contribution is 7.22. The van der Waals surface area contributed by atoms with E-state index in [2.05, 4.69) is 4.98 Å². The molecule has 0 fully saturated rings. The Hall–Kier alpha value is -1.78. The molecule has 19 heavy (non-hydrogen) atoms. The first-order valence-corrected chi connectivity index (χ1v) is 6.92. The molecule has 0 bridgehead atoms. The van der Waals surface area contributed by atoms with Crippen LogP contribution in [-0.2, 0) is 0 Å². The number of nitrogens with zero attached hydrogens (tertiary/aromatic N) is 2. The molecule has 2 aromatic carbocycles. The van der Waals surface area contributed by atoms with Crippen LogP contribution in [0.5, 0.6) is 5.75 Å². The second-order valence-electron chi connectivity index (χ2n) is 4.18. The number of halogens is 1. The van der Waals surface area contributed by atoms with Crippen molar-refractivity contribution in [3.05, 3.63) is 47.5 Å². The second-order valence-corrected chi connectivity index (χ2v) is 5.63. The van der Waals surface area contributed by atoms with Crippen molar-refractivity contribution in [1.29, 1.82) is 0 Å². The molecule has 1 heterocycles. The molecule has 1 aromatic heterocycles. The van der Waals surface area contributed by atoms with Crippen LogP contribution in [0.4, 0.5) is 10.8 Å². The predicted octanol–water partition coefficient (Wildman–Crippen LogP) is 4.42. The number of benzene rings is 2. The standard InChI is InChI=1S/C14H11ClN2OS/c1-17(10-3-5-11(18)6-4-10)14-16-12-8-9(15)2-7-13(12)19-14/h2-8,18H,1H3. The third-order valence-corrected chi connectivity index (χ3v) is 4.21. The van der Waals surface area contributed by atoms with Crippen LogP contribution >= 0.6 is 22.9 Å². The summed E-state index contributed by atoms with van der Waals surface area (Å²) < 4.78 is 1.10. The van der Waals surface area contributed by atoms with Crippen LogP contribution in [0, 0.1) is 0 Å². The smallest absolute Gasteiger partial charge is 0.190 e. The molecule has 3 aromatic rings. The van der Waals surface area contributed by atoms with Crippen molar-refractivity contribution in [1.82, 2.24) is 4.98 Å². The Balaban J connectivity index is 2.01. The minimum absolute atomic E-state index is 0.258. The fourth-order valence-corrected chi connectivity index (χ4v) is 2.91. The van der Waals surface area contributed by atoms with Crippen molar-refractivity contribution < 1.29 is 5.11 Å². The number of hydrogen-bond donors (Lipinski definition) is 1. The van der Waals surface area contributed by atoms with Gasteiger partial charge >= 0.3 is 0 Å². The number of anilines is 2. The molecule has 3 rings (SSSR count). The van der Waals surface area contributed by atoms with Crippen LogP contribution < -0.4 is 4.90 Å². The third kappa shape index (κ3) is 2.37. The molecular formula is C14H11ClN2OS. The second kappa shape index (κ2) is 4.72. The van der Waals surface area contributed by atoms with E-state index in [1.54, 1.807) is 23.5 Å². The van der Waals surface area contributed by atoms with Crippen LogP contribution in [0.3, 0.4) is 0 Å². The maximum absolute atomic E-state index is 9.31. The molecule has 0 aliphatic carbocycles. The van der Waals surface area contributed by atoms with E-state index in [-0.39, 0.29) is 5.75 Å². The summed E-state index contributed by atoms with van der Waals surface area (Å²) >= 11 is 7.57. The van der Waals surface area contributed by atoms with Gasteiger partial charge in [0.05, 0.1) is 10.2 Å². The molecule has 0 radical (unpaired) electrons. The Morgan fingerprint density at radius 2 is 1.89 bits per heavy atom. The van der Waals surface area contributed by atoms with E-state index in [9.17, 15) is 5.11 Å². The lowest BCUT2D eigenvalue weighted by Gasteiger charge is -2.15. The van der Waals surface area contributed by atoms with Crippen LogP contribution in [0.25, 0.3) is 10.2 Å². The lowest BCUT2D eigenvalue weighted by molar-refractivity contribution is 0.475. The zero-order chi connectivity index (χ0) is 13.4. The summed E-state index contributed by atoms with van der Waals surface area (Å²) in [6, 6.07) is 12.7. The first kappa shape index (κ1) is 12.3. The Morgan fingerprint density at radius 3 is 2.63 bits per heavy atom. The average Bonchev–Trinajstić information content (AvgIpc) is 2.81. The topological polar surface area (TPSA) is 36.4 Å². The summed E-state index contributed by atoms with van der Waals surface area (Å²) in [5, 5.41) is 10.9. The van der Waals surface area contributed by atoms with E-state index in [0.29, 0.717) is 5.02 Å². The highest BCUT2D eigenvalue weighted by atomic mass is 35.5. The van der Waals surface area contributed by atoms with Crippen LogP contribution in [-0.4, -0.2) is 17.1 Å². The summed E-state index contributed by atoms with van der Waals surface area (Å²) in [6.07, 6.45) is 0. The van der Waals surface area contributed by atoms with E-state index >= 15 is 0 Å². The molecule has 0 aliphatic heterocycles. The van der Waals surface area contributed by atoms with E-state index in [1.807, 2.05) is 42.3 Å². The molecule has 0 spiro atoms. The number of hydrogen-bond acceptors (Lipinski definition) is 4. The highest BCUT2D eigenvalue weighted by Crippen LogP contribution is 2.33. The summed E-state index contributed by atoms with van der Waals surface area (Å²) in [6.45, 7) is 0. The first-order valence-electron chi connectivity index (χ1n) is 5.72. The molecular weight excluding hydrogens is 280 g/mol. The molecule has 0 saturated carbocycles. The van der Waals surface area contributed by atoms with Gasteiger partial charge in [-0.25, -0.2) is 4.98 Å². The molecule has 0 atom stereocenters. The molecule has 0 amide bonds. The molecule has 0 unspecified atom stereocenters. The lowest BCUT2D eigenvalue weighted by atomic mass is 10.3. The molecule has 1 N–H and O–H groups in total. The van der Waals surface area contributed by atoms with Gasteiger partial charge in [-0.1, -0.05) is 22.9 Å². The van der Waals surface area contributed by atoms with Gasteiger partial charge in [-0.05, 0) is 42.5 Å². The highest BCUT2D eigenvalue weighted by Gasteiger charge is 2.10. The largest absolute Gasteiger partial charge is 0.508 e. The molecule has 96 valence electrons. The van der Waals surface area contributed by atoms with Gasteiger partial charge in [-0.15, -0.1) is 0 Å².